The van der Waals surface area contributed by atoms with Gasteiger partial charge in [-0.3, -0.25) is 4.79 Å². The van der Waals surface area contributed by atoms with E-state index in [9.17, 15) is 4.79 Å². The summed E-state index contributed by atoms with van der Waals surface area (Å²) >= 11 is 0. The molecule has 1 rings (SSSR count). The van der Waals surface area contributed by atoms with E-state index in [0.29, 0.717) is 29.2 Å². The molecule has 0 spiro atoms. The third-order valence-electron chi connectivity index (χ3n) is 2.68. The third kappa shape index (κ3) is 6.12. The lowest BCUT2D eigenvalue weighted by Crippen LogP contribution is -2.21. The van der Waals surface area contributed by atoms with Crippen molar-refractivity contribution in [2.24, 2.45) is 21.7 Å². The molecule has 1 aromatic rings. The summed E-state index contributed by atoms with van der Waals surface area (Å²) in [6, 6.07) is 3.28. The standard InChI is InChI=1S/C14H20N4O5/c1-21-11-6-9(23-5-3-4-13(19)20)7-12(22-2)10(11)8-17-18-14(15)16/h6-8H,3-5H2,1-2H3,(H,19,20)(H4,15,16,18). The first-order chi connectivity index (χ1) is 11.0. The van der Waals surface area contributed by atoms with E-state index in [4.69, 9.17) is 30.8 Å². The van der Waals surface area contributed by atoms with Crippen molar-refractivity contribution >= 4 is 18.1 Å². The van der Waals surface area contributed by atoms with Gasteiger partial charge in [-0.05, 0) is 6.42 Å². The molecule has 0 aliphatic heterocycles. The summed E-state index contributed by atoms with van der Waals surface area (Å²) in [4.78, 5) is 10.5. The van der Waals surface area contributed by atoms with Gasteiger partial charge < -0.3 is 30.8 Å². The summed E-state index contributed by atoms with van der Waals surface area (Å²) in [6.07, 6.45) is 1.83. The van der Waals surface area contributed by atoms with Gasteiger partial charge in [0.15, 0.2) is 0 Å². The second-order valence-corrected chi connectivity index (χ2v) is 4.36. The van der Waals surface area contributed by atoms with Gasteiger partial charge in [-0.2, -0.15) is 5.10 Å². The topological polar surface area (TPSA) is 142 Å². The van der Waals surface area contributed by atoms with Gasteiger partial charge in [-0.15, -0.1) is 5.10 Å². The van der Waals surface area contributed by atoms with E-state index in [2.05, 4.69) is 10.2 Å². The van der Waals surface area contributed by atoms with Crippen LogP contribution in [0.5, 0.6) is 17.2 Å². The van der Waals surface area contributed by atoms with Gasteiger partial charge >= 0.3 is 5.97 Å². The molecule has 9 nitrogen and oxygen atoms in total. The Morgan fingerprint density at radius 3 is 2.35 bits per heavy atom. The van der Waals surface area contributed by atoms with Gasteiger partial charge in [-0.25, -0.2) is 0 Å². The van der Waals surface area contributed by atoms with Crippen LogP contribution < -0.4 is 25.7 Å². The molecule has 0 fully saturated rings. The molecule has 0 saturated heterocycles. The summed E-state index contributed by atoms with van der Waals surface area (Å²) in [5.41, 5.74) is 10.9. The predicted octanol–water partition coefficient (Wildman–Crippen LogP) is 0.555. The van der Waals surface area contributed by atoms with Crippen LogP contribution in [0.1, 0.15) is 18.4 Å². The minimum Gasteiger partial charge on any atom is -0.496 e. The first-order valence-electron chi connectivity index (χ1n) is 6.70. The van der Waals surface area contributed by atoms with Gasteiger partial charge in [-0.1, -0.05) is 0 Å². The van der Waals surface area contributed by atoms with Crippen molar-refractivity contribution in [1.82, 2.24) is 0 Å². The molecule has 0 amide bonds. The fourth-order valence-corrected chi connectivity index (χ4v) is 1.69. The van der Waals surface area contributed by atoms with E-state index in [1.165, 1.54) is 20.4 Å². The number of carboxylic acids is 1. The molecule has 1 aromatic carbocycles. The second kappa shape index (κ2) is 9.13. The summed E-state index contributed by atoms with van der Waals surface area (Å²) in [5.74, 6) is 0.356. The van der Waals surface area contributed by atoms with Crippen LogP contribution >= 0.6 is 0 Å². The molecule has 23 heavy (non-hydrogen) atoms. The Morgan fingerprint density at radius 2 is 1.87 bits per heavy atom. The van der Waals surface area contributed by atoms with E-state index in [1.54, 1.807) is 12.1 Å². The van der Waals surface area contributed by atoms with Crippen LogP contribution in [0, 0.1) is 0 Å². The number of ether oxygens (including phenoxy) is 3. The van der Waals surface area contributed by atoms with Crippen molar-refractivity contribution in [1.29, 1.82) is 0 Å². The third-order valence-corrected chi connectivity index (χ3v) is 2.68. The number of benzene rings is 1. The van der Waals surface area contributed by atoms with E-state index >= 15 is 0 Å². The maximum Gasteiger partial charge on any atom is 0.303 e. The number of nitrogens with zero attached hydrogens (tertiary/aromatic N) is 2. The molecule has 126 valence electrons. The van der Waals surface area contributed by atoms with Gasteiger partial charge in [0.2, 0.25) is 5.96 Å². The van der Waals surface area contributed by atoms with E-state index < -0.39 is 5.97 Å². The predicted molar refractivity (Wildman–Crippen MR) is 85.3 cm³/mol. The van der Waals surface area contributed by atoms with Gasteiger partial charge in [0.05, 0.1) is 32.6 Å². The zero-order valence-corrected chi connectivity index (χ0v) is 13.0. The van der Waals surface area contributed by atoms with Crippen molar-refractivity contribution in [3.63, 3.8) is 0 Å². The Labute approximate surface area is 133 Å². The lowest BCUT2D eigenvalue weighted by molar-refractivity contribution is -0.137. The first kappa shape index (κ1) is 18.1. The highest BCUT2D eigenvalue weighted by molar-refractivity contribution is 5.88. The van der Waals surface area contributed by atoms with Crippen LogP contribution in [0.3, 0.4) is 0 Å². The van der Waals surface area contributed by atoms with E-state index in [0.717, 1.165) is 0 Å². The molecule has 5 N–H and O–H groups in total. The Bertz CT molecular complexity index is 572. The number of carboxylic acid groups (broad SMARTS) is 1. The molecule has 0 radical (unpaired) electrons. The maximum atomic E-state index is 10.5. The molecule has 9 heteroatoms. The van der Waals surface area contributed by atoms with Crippen molar-refractivity contribution in [2.45, 2.75) is 12.8 Å². The van der Waals surface area contributed by atoms with Gasteiger partial charge in [0.25, 0.3) is 0 Å². The highest BCUT2D eigenvalue weighted by Crippen LogP contribution is 2.33. The Morgan fingerprint density at radius 1 is 1.26 bits per heavy atom. The van der Waals surface area contributed by atoms with Crippen LogP contribution in [0.25, 0.3) is 0 Å². The average molecular weight is 324 g/mol. The summed E-state index contributed by atoms with van der Waals surface area (Å²) in [7, 11) is 2.97. The minimum absolute atomic E-state index is 0.0392. The molecule has 0 aliphatic carbocycles. The average Bonchev–Trinajstić information content (AvgIpc) is 2.51. The molecule has 0 unspecified atom stereocenters. The van der Waals surface area contributed by atoms with Crippen LogP contribution in [0.2, 0.25) is 0 Å². The number of aliphatic carboxylic acids is 1. The fourth-order valence-electron chi connectivity index (χ4n) is 1.69. The zero-order valence-electron chi connectivity index (χ0n) is 13.0. The van der Waals surface area contributed by atoms with Crippen LogP contribution in [0.4, 0.5) is 0 Å². The smallest absolute Gasteiger partial charge is 0.303 e. The summed E-state index contributed by atoms with van der Waals surface area (Å²) in [5, 5.41) is 15.8. The highest BCUT2D eigenvalue weighted by Gasteiger charge is 2.12. The Hall–Kier alpha value is -2.97. The normalized spacial score (nSPS) is 10.3. The van der Waals surface area contributed by atoms with E-state index in [1.807, 2.05) is 0 Å². The van der Waals surface area contributed by atoms with Crippen LogP contribution in [-0.2, 0) is 4.79 Å². The molecule has 0 aliphatic rings. The second-order valence-electron chi connectivity index (χ2n) is 4.36. The number of hydrogen-bond acceptors (Lipinski definition) is 6. The quantitative estimate of drug-likeness (QED) is 0.260. The van der Waals surface area contributed by atoms with E-state index in [-0.39, 0.29) is 19.0 Å². The molecule has 0 heterocycles. The summed E-state index contributed by atoms with van der Waals surface area (Å²) < 4.78 is 16.1. The molecule has 0 aromatic heterocycles. The Kier molecular flexibility index (Phi) is 7.18. The number of hydrogen-bond donors (Lipinski definition) is 3. The van der Waals surface area contributed by atoms with Crippen LogP contribution in [-0.4, -0.2) is 44.1 Å². The number of methoxy groups -OCH3 is 2. The van der Waals surface area contributed by atoms with Crippen molar-refractivity contribution in [3.05, 3.63) is 17.7 Å². The van der Waals surface area contributed by atoms with Gasteiger partial charge in [0.1, 0.15) is 17.2 Å². The molecule has 0 bridgehead atoms. The largest absolute Gasteiger partial charge is 0.496 e. The maximum absolute atomic E-state index is 10.5. The number of rotatable bonds is 9. The fraction of sp³-hybridized carbons (Fsp3) is 0.357. The first-order valence-corrected chi connectivity index (χ1v) is 6.70. The van der Waals surface area contributed by atoms with Gasteiger partial charge in [0, 0.05) is 18.6 Å². The Balaban J connectivity index is 2.94. The minimum atomic E-state index is -0.866. The molecular weight excluding hydrogens is 304 g/mol. The van der Waals surface area contributed by atoms with Crippen molar-refractivity contribution < 1.29 is 24.1 Å². The number of guanidine groups is 1. The number of carbonyl (C=O) groups is 1. The lowest BCUT2D eigenvalue weighted by Gasteiger charge is -2.13. The van der Waals surface area contributed by atoms with Crippen molar-refractivity contribution in [3.8, 4) is 17.2 Å². The summed E-state index contributed by atoms with van der Waals surface area (Å²) in [6.45, 7) is 0.264. The molecular formula is C14H20N4O5. The monoisotopic (exact) mass is 324 g/mol. The van der Waals surface area contributed by atoms with Crippen LogP contribution in [0.15, 0.2) is 22.3 Å². The zero-order chi connectivity index (χ0) is 17.2. The molecule has 0 saturated carbocycles. The highest BCUT2D eigenvalue weighted by atomic mass is 16.5. The SMILES string of the molecule is COc1cc(OCCCC(=O)O)cc(OC)c1C=NN=C(N)N. The number of nitrogens with two attached hydrogens (primary N) is 2. The van der Waals surface area contributed by atoms with Crippen molar-refractivity contribution in [2.75, 3.05) is 20.8 Å². The molecule has 0 atom stereocenters. The lowest BCUT2D eigenvalue weighted by atomic mass is 10.2.